The minimum Gasteiger partial charge on any atom is -0.458 e. The van der Waals surface area contributed by atoms with E-state index < -0.39 is 27.2 Å². The molecular formula is C15H14N2O6. The second-order valence-electron chi connectivity index (χ2n) is 6.59. The number of nitro groups is 2. The van der Waals surface area contributed by atoms with Crippen LogP contribution in [0.2, 0.25) is 0 Å². The van der Waals surface area contributed by atoms with Crippen molar-refractivity contribution in [2.75, 3.05) is 0 Å². The van der Waals surface area contributed by atoms with Crippen molar-refractivity contribution in [1.82, 2.24) is 0 Å². The summed E-state index contributed by atoms with van der Waals surface area (Å²) < 4.78 is 5.57. The van der Waals surface area contributed by atoms with Gasteiger partial charge in [0.25, 0.3) is 11.4 Å². The number of hydrogen-bond acceptors (Lipinski definition) is 6. The molecule has 0 saturated heterocycles. The van der Waals surface area contributed by atoms with Crippen LogP contribution in [0.1, 0.15) is 29.6 Å². The molecule has 1 aromatic carbocycles. The summed E-state index contributed by atoms with van der Waals surface area (Å²) in [5, 5.41) is 21.8. The Kier molecular flexibility index (Phi) is 2.91. The number of non-ortho nitro benzene ring substituents is 2. The van der Waals surface area contributed by atoms with Gasteiger partial charge >= 0.3 is 5.97 Å². The number of nitro benzene ring substituents is 2. The van der Waals surface area contributed by atoms with E-state index in [1.165, 1.54) is 6.42 Å². The first-order valence-electron chi connectivity index (χ1n) is 7.60. The summed E-state index contributed by atoms with van der Waals surface area (Å²) >= 11 is 0. The molecular weight excluding hydrogens is 304 g/mol. The van der Waals surface area contributed by atoms with Gasteiger partial charge in [-0.05, 0) is 42.9 Å². The number of benzene rings is 1. The van der Waals surface area contributed by atoms with E-state index in [1.807, 2.05) is 0 Å². The minimum atomic E-state index is -0.752. The highest BCUT2D eigenvalue weighted by Crippen LogP contribution is 2.66. The molecule has 23 heavy (non-hydrogen) atoms. The molecule has 0 spiro atoms. The van der Waals surface area contributed by atoms with Crippen LogP contribution in [0.25, 0.3) is 0 Å². The van der Waals surface area contributed by atoms with E-state index in [2.05, 4.69) is 0 Å². The Morgan fingerprint density at radius 2 is 1.57 bits per heavy atom. The van der Waals surface area contributed by atoms with Crippen molar-refractivity contribution in [2.45, 2.75) is 25.4 Å². The molecule has 8 heteroatoms. The zero-order chi connectivity index (χ0) is 16.3. The van der Waals surface area contributed by atoms with Crippen molar-refractivity contribution < 1.29 is 19.4 Å². The monoisotopic (exact) mass is 318 g/mol. The molecule has 8 nitrogen and oxygen atoms in total. The van der Waals surface area contributed by atoms with Crippen molar-refractivity contribution in [2.24, 2.45) is 23.7 Å². The Morgan fingerprint density at radius 3 is 2.04 bits per heavy atom. The molecule has 4 unspecified atom stereocenters. The van der Waals surface area contributed by atoms with Crippen LogP contribution in [0.15, 0.2) is 18.2 Å². The average Bonchev–Trinajstić information content (AvgIpc) is 3.20. The molecule has 0 radical (unpaired) electrons. The molecule has 0 aliphatic heterocycles. The molecule has 0 heterocycles. The summed E-state index contributed by atoms with van der Waals surface area (Å²) in [4.78, 5) is 32.6. The number of ether oxygens (including phenoxy) is 1. The fourth-order valence-electron chi connectivity index (χ4n) is 4.20. The quantitative estimate of drug-likeness (QED) is 0.479. The second-order valence-corrected chi connectivity index (χ2v) is 6.59. The van der Waals surface area contributed by atoms with Crippen LogP contribution >= 0.6 is 0 Å². The molecule has 120 valence electrons. The molecule has 3 aliphatic carbocycles. The van der Waals surface area contributed by atoms with Gasteiger partial charge in [0.2, 0.25) is 0 Å². The topological polar surface area (TPSA) is 113 Å². The van der Waals surface area contributed by atoms with Crippen LogP contribution < -0.4 is 0 Å². The molecule has 0 bridgehead atoms. The first-order valence-corrected chi connectivity index (χ1v) is 7.60. The van der Waals surface area contributed by atoms with E-state index in [0.717, 1.165) is 31.0 Å². The standard InChI is InChI=1S/C15H14N2O6/c18-15(23-14-11-2-1-10(11)12-6-13(12)14)7-3-8(16(19)20)5-9(4-7)17(21)22/h3-5,10-14H,1-2,6H2/t10?,11?,12?,13?,14-/m0/s1. The van der Waals surface area contributed by atoms with Gasteiger partial charge in [0.1, 0.15) is 6.10 Å². The summed E-state index contributed by atoms with van der Waals surface area (Å²) in [6.07, 6.45) is 3.17. The highest BCUT2D eigenvalue weighted by Gasteiger charge is 2.64. The Morgan fingerprint density at radius 1 is 0.957 bits per heavy atom. The molecule has 0 N–H and O–H groups in total. The van der Waals surface area contributed by atoms with Crippen molar-refractivity contribution in [3.05, 3.63) is 44.0 Å². The number of esters is 1. The summed E-state index contributed by atoms with van der Waals surface area (Å²) in [6, 6.07) is 2.91. The maximum absolute atomic E-state index is 12.3. The van der Waals surface area contributed by atoms with E-state index in [-0.39, 0.29) is 11.7 Å². The predicted molar refractivity (Wildman–Crippen MR) is 76.8 cm³/mol. The van der Waals surface area contributed by atoms with E-state index in [1.54, 1.807) is 0 Å². The maximum atomic E-state index is 12.3. The highest BCUT2D eigenvalue weighted by molar-refractivity contribution is 5.91. The van der Waals surface area contributed by atoms with Crippen LogP contribution in [-0.2, 0) is 4.74 Å². The van der Waals surface area contributed by atoms with Gasteiger partial charge in [0.05, 0.1) is 21.5 Å². The first-order chi connectivity index (χ1) is 11.0. The summed E-state index contributed by atoms with van der Waals surface area (Å²) in [7, 11) is 0. The number of fused-ring (bicyclic) bond motifs is 3. The third-order valence-corrected chi connectivity index (χ3v) is 5.47. The number of rotatable bonds is 4. The first kappa shape index (κ1) is 14.1. The number of nitrogens with zero attached hydrogens (tertiary/aromatic N) is 2. The average molecular weight is 318 g/mol. The lowest BCUT2D eigenvalue weighted by atomic mass is 9.72. The molecule has 5 atom stereocenters. The van der Waals surface area contributed by atoms with Gasteiger partial charge in [-0.15, -0.1) is 0 Å². The third-order valence-electron chi connectivity index (χ3n) is 5.47. The second kappa shape index (κ2) is 4.74. The lowest BCUT2D eigenvalue weighted by Crippen LogP contribution is -2.35. The van der Waals surface area contributed by atoms with E-state index in [4.69, 9.17) is 4.74 Å². The molecule has 3 saturated carbocycles. The number of carbonyl (C=O) groups is 1. The number of hydrogen-bond donors (Lipinski definition) is 0. The molecule has 3 aliphatic rings. The van der Waals surface area contributed by atoms with Crippen LogP contribution in [0.3, 0.4) is 0 Å². The highest BCUT2D eigenvalue weighted by atomic mass is 16.6. The van der Waals surface area contributed by atoms with Gasteiger partial charge in [0, 0.05) is 12.1 Å². The van der Waals surface area contributed by atoms with E-state index >= 15 is 0 Å². The minimum absolute atomic E-state index is 0.133. The number of carbonyl (C=O) groups excluding carboxylic acids is 1. The smallest absolute Gasteiger partial charge is 0.338 e. The fourth-order valence-corrected chi connectivity index (χ4v) is 4.20. The lowest BCUT2D eigenvalue weighted by Gasteiger charge is -2.36. The Balaban J connectivity index is 1.58. The van der Waals surface area contributed by atoms with Crippen molar-refractivity contribution >= 4 is 17.3 Å². The maximum Gasteiger partial charge on any atom is 0.338 e. The van der Waals surface area contributed by atoms with E-state index in [0.29, 0.717) is 23.7 Å². The largest absolute Gasteiger partial charge is 0.458 e. The fraction of sp³-hybridized carbons (Fsp3) is 0.533. The van der Waals surface area contributed by atoms with Gasteiger partial charge in [-0.25, -0.2) is 4.79 Å². The van der Waals surface area contributed by atoms with Crippen LogP contribution in [0.4, 0.5) is 11.4 Å². The molecule has 0 aromatic heterocycles. The van der Waals surface area contributed by atoms with Crippen LogP contribution in [0.5, 0.6) is 0 Å². The van der Waals surface area contributed by atoms with E-state index in [9.17, 15) is 25.0 Å². The van der Waals surface area contributed by atoms with Gasteiger partial charge in [-0.3, -0.25) is 20.2 Å². The SMILES string of the molecule is O=C(O[C@H]1C2CCC2C2CC21)c1cc([N+](=O)[O-])cc([N+](=O)[O-])c1. The molecule has 4 rings (SSSR count). The van der Waals surface area contributed by atoms with Gasteiger partial charge in [-0.2, -0.15) is 0 Å². The third kappa shape index (κ3) is 2.16. The molecule has 0 amide bonds. The van der Waals surface area contributed by atoms with Crippen molar-refractivity contribution in [3.63, 3.8) is 0 Å². The molecule has 1 aromatic rings. The Bertz CT molecular complexity index is 700. The van der Waals surface area contributed by atoms with Crippen molar-refractivity contribution in [1.29, 1.82) is 0 Å². The zero-order valence-electron chi connectivity index (χ0n) is 12.1. The van der Waals surface area contributed by atoms with Crippen LogP contribution in [0, 0.1) is 43.9 Å². The zero-order valence-corrected chi connectivity index (χ0v) is 12.1. The summed E-state index contributed by atoms with van der Waals surface area (Å²) in [5.41, 5.74) is -1.10. The van der Waals surface area contributed by atoms with Gasteiger partial charge in [-0.1, -0.05) is 0 Å². The predicted octanol–water partition coefficient (Wildman–Crippen LogP) is 2.70. The van der Waals surface area contributed by atoms with Gasteiger partial charge < -0.3 is 4.74 Å². The van der Waals surface area contributed by atoms with Gasteiger partial charge in [0.15, 0.2) is 0 Å². The molecule has 3 fully saturated rings. The Labute approximate surface area is 130 Å². The lowest BCUT2D eigenvalue weighted by molar-refractivity contribution is -0.394. The van der Waals surface area contributed by atoms with Crippen molar-refractivity contribution in [3.8, 4) is 0 Å². The van der Waals surface area contributed by atoms with Crippen LogP contribution in [-0.4, -0.2) is 21.9 Å². The normalized spacial score (nSPS) is 33.1. The summed E-state index contributed by atoms with van der Waals surface area (Å²) in [6.45, 7) is 0. The Hall–Kier alpha value is -2.51. The summed E-state index contributed by atoms with van der Waals surface area (Å²) in [5.74, 6) is 1.41.